The van der Waals surface area contributed by atoms with E-state index in [2.05, 4.69) is 27.4 Å². The fourth-order valence-corrected chi connectivity index (χ4v) is 3.76. The van der Waals surface area contributed by atoms with Crippen LogP contribution < -0.4 is 5.32 Å². The average Bonchev–Trinajstić information content (AvgIpc) is 2.98. The van der Waals surface area contributed by atoms with E-state index in [1.165, 1.54) is 17.3 Å². The lowest BCUT2D eigenvalue weighted by Crippen LogP contribution is -2.22. The molecule has 27 heavy (non-hydrogen) atoms. The zero-order valence-electron chi connectivity index (χ0n) is 14.9. The third kappa shape index (κ3) is 5.06. The zero-order valence-corrected chi connectivity index (χ0v) is 17.3. The fraction of sp³-hybridized carbons (Fsp3) is 0.200. The van der Waals surface area contributed by atoms with Crippen molar-refractivity contribution in [3.8, 4) is 0 Å². The Morgan fingerprint density at radius 2 is 1.93 bits per heavy atom. The first-order valence-electron chi connectivity index (χ1n) is 8.45. The van der Waals surface area contributed by atoms with Gasteiger partial charge in [0, 0.05) is 12.1 Å². The van der Waals surface area contributed by atoms with Crippen LogP contribution in [0.5, 0.6) is 0 Å². The van der Waals surface area contributed by atoms with Crippen molar-refractivity contribution in [1.82, 2.24) is 9.97 Å². The van der Waals surface area contributed by atoms with E-state index in [9.17, 15) is 4.79 Å². The standard InChI is InChI=1S/C20H19Cl2N3OS/c1-12-17(11-14-7-4-3-5-8-14)25-20(23-12)27-13(2)19(26)24-16-10-6-9-15(21)18(16)22/h3-10,13H,11H2,1-2H3,(H,23,25)(H,24,26)/t13-/m1/s1. The van der Waals surface area contributed by atoms with Gasteiger partial charge in [-0.15, -0.1) is 0 Å². The summed E-state index contributed by atoms with van der Waals surface area (Å²) in [6.07, 6.45) is 0.752. The summed E-state index contributed by atoms with van der Waals surface area (Å²) < 4.78 is 0. The predicted octanol–water partition coefficient (Wildman–Crippen LogP) is 5.74. The number of aryl methyl sites for hydroxylation is 1. The van der Waals surface area contributed by atoms with Crippen molar-refractivity contribution in [2.45, 2.75) is 30.7 Å². The molecule has 0 aliphatic heterocycles. The smallest absolute Gasteiger partial charge is 0.237 e. The highest BCUT2D eigenvalue weighted by molar-refractivity contribution is 8.00. The molecule has 0 spiro atoms. The van der Waals surface area contributed by atoms with Crippen molar-refractivity contribution in [2.75, 3.05) is 5.32 Å². The second kappa shape index (κ2) is 8.83. The molecule has 3 aromatic rings. The van der Waals surface area contributed by atoms with Crippen molar-refractivity contribution >= 4 is 46.6 Å². The summed E-state index contributed by atoms with van der Waals surface area (Å²) in [5.41, 5.74) is 3.69. The number of nitrogens with one attached hydrogen (secondary N) is 2. The van der Waals surface area contributed by atoms with Crippen molar-refractivity contribution in [2.24, 2.45) is 0 Å². The molecule has 1 aromatic heterocycles. The lowest BCUT2D eigenvalue weighted by Gasteiger charge is -2.12. The molecule has 1 atom stereocenters. The van der Waals surface area contributed by atoms with Crippen LogP contribution >= 0.6 is 35.0 Å². The van der Waals surface area contributed by atoms with Crippen LogP contribution in [0.4, 0.5) is 5.69 Å². The largest absolute Gasteiger partial charge is 0.337 e. The summed E-state index contributed by atoms with van der Waals surface area (Å²) in [5.74, 6) is -0.164. The Kier molecular flexibility index (Phi) is 6.47. The van der Waals surface area contributed by atoms with Crippen LogP contribution in [0.1, 0.15) is 23.9 Å². The Bertz CT molecular complexity index is 944. The lowest BCUT2D eigenvalue weighted by atomic mass is 10.1. The first-order chi connectivity index (χ1) is 12.9. The van der Waals surface area contributed by atoms with Crippen LogP contribution in [0, 0.1) is 6.92 Å². The number of aromatic amines is 1. The molecule has 0 saturated carbocycles. The molecule has 1 heterocycles. The molecule has 140 valence electrons. The van der Waals surface area contributed by atoms with E-state index in [1.807, 2.05) is 32.0 Å². The zero-order chi connectivity index (χ0) is 19.4. The van der Waals surface area contributed by atoms with Gasteiger partial charge in [-0.1, -0.05) is 71.4 Å². The van der Waals surface area contributed by atoms with Gasteiger partial charge in [0.1, 0.15) is 0 Å². The van der Waals surface area contributed by atoms with Crippen LogP contribution in [0.25, 0.3) is 0 Å². The predicted molar refractivity (Wildman–Crippen MR) is 113 cm³/mol. The Morgan fingerprint density at radius 1 is 1.19 bits per heavy atom. The van der Waals surface area contributed by atoms with Gasteiger partial charge in [0.2, 0.25) is 5.91 Å². The molecule has 7 heteroatoms. The van der Waals surface area contributed by atoms with Gasteiger partial charge in [-0.25, -0.2) is 4.98 Å². The highest BCUT2D eigenvalue weighted by Crippen LogP contribution is 2.30. The maximum Gasteiger partial charge on any atom is 0.237 e. The third-order valence-electron chi connectivity index (χ3n) is 4.05. The van der Waals surface area contributed by atoms with E-state index < -0.39 is 0 Å². The molecule has 4 nitrogen and oxygen atoms in total. The number of amides is 1. The normalized spacial score (nSPS) is 12.0. The average molecular weight is 420 g/mol. The van der Waals surface area contributed by atoms with Gasteiger partial charge < -0.3 is 10.3 Å². The van der Waals surface area contributed by atoms with Crippen molar-refractivity contribution < 1.29 is 4.79 Å². The van der Waals surface area contributed by atoms with Crippen LogP contribution in [0.15, 0.2) is 53.7 Å². The number of anilines is 1. The molecule has 0 radical (unpaired) electrons. The number of nitrogens with zero attached hydrogens (tertiary/aromatic N) is 1. The van der Waals surface area contributed by atoms with E-state index in [4.69, 9.17) is 23.2 Å². The number of aromatic nitrogens is 2. The van der Waals surface area contributed by atoms with E-state index in [-0.39, 0.29) is 11.2 Å². The SMILES string of the molecule is Cc1[nH]c(S[C@H](C)C(=O)Nc2cccc(Cl)c2Cl)nc1Cc1ccccc1. The van der Waals surface area contributed by atoms with E-state index in [0.717, 1.165) is 23.0 Å². The number of hydrogen-bond acceptors (Lipinski definition) is 3. The maximum absolute atomic E-state index is 12.5. The quantitative estimate of drug-likeness (QED) is 0.501. The molecule has 0 fully saturated rings. The van der Waals surface area contributed by atoms with Crippen molar-refractivity contribution in [1.29, 1.82) is 0 Å². The summed E-state index contributed by atoms with van der Waals surface area (Å²) in [6, 6.07) is 15.3. The van der Waals surface area contributed by atoms with Crippen LogP contribution in [0.3, 0.4) is 0 Å². The summed E-state index contributed by atoms with van der Waals surface area (Å²) in [6.45, 7) is 3.82. The molecule has 2 N–H and O–H groups in total. The number of thioether (sulfide) groups is 1. The summed E-state index contributed by atoms with van der Waals surface area (Å²) in [7, 11) is 0. The number of carbonyl (C=O) groups is 1. The monoisotopic (exact) mass is 419 g/mol. The van der Waals surface area contributed by atoms with Crippen LogP contribution in [-0.4, -0.2) is 21.1 Å². The van der Waals surface area contributed by atoms with Gasteiger partial charge in [0.25, 0.3) is 0 Å². The molecule has 3 rings (SSSR count). The Balaban J connectivity index is 1.65. The topological polar surface area (TPSA) is 57.8 Å². The Labute approximate surface area is 172 Å². The summed E-state index contributed by atoms with van der Waals surface area (Å²) in [5, 5.41) is 3.92. The minimum Gasteiger partial charge on any atom is -0.337 e. The summed E-state index contributed by atoms with van der Waals surface area (Å²) in [4.78, 5) is 20.4. The number of halogens is 2. The molecule has 0 saturated heterocycles. The van der Waals surface area contributed by atoms with E-state index in [0.29, 0.717) is 15.7 Å². The first-order valence-corrected chi connectivity index (χ1v) is 10.1. The Hall–Kier alpha value is -1.95. The van der Waals surface area contributed by atoms with Gasteiger partial charge >= 0.3 is 0 Å². The molecule has 0 aliphatic rings. The highest BCUT2D eigenvalue weighted by atomic mass is 35.5. The Morgan fingerprint density at radius 3 is 2.67 bits per heavy atom. The molecule has 2 aromatic carbocycles. The van der Waals surface area contributed by atoms with Gasteiger partial charge in [0.15, 0.2) is 5.16 Å². The first kappa shape index (κ1) is 19.8. The molecule has 0 unspecified atom stereocenters. The fourth-order valence-electron chi connectivity index (χ4n) is 2.54. The van der Waals surface area contributed by atoms with Crippen LogP contribution in [-0.2, 0) is 11.2 Å². The lowest BCUT2D eigenvalue weighted by molar-refractivity contribution is -0.115. The van der Waals surface area contributed by atoms with Gasteiger partial charge in [-0.3, -0.25) is 4.79 Å². The minimum absolute atomic E-state index is 0.164. The molecule has 0 aliphatic carbocycles. The number of hydrogen-bond donors (Lipinski definition) is 2. The highest BCUT2D eigenvalue weighted by Gasteiger charge is 2.19. The van der Waals surface area contributed by atoms with Crippen molar-refractivity contribution in [3.63, 3.8) is 0 Å². The summed E-state index contributed by atoms with van der Waals surface area (Å²) >= 11 is 13.5. The van der Waals surface area contributed by atoms with Gasteiger partial charge in [-0.05, 0) is 31.5 Å². The van der Waals surface area contributed by atoms with Gasteiger partial charge in [-0.2, -0.15) is 0 Å². The van der Waals surface area contributed by atoms with E-state index >= 15 is 0 Å². The van der Waals surface area contributed by atoms with Crippen LogP contribution in [0.2, 0.25) is 10.0 Å². The van der Waals surface area contributed by atoms with Gasteiger partial charge in [0.05, 0.1) is 26.7 Å². The maximum atomic E-state index is 12.5. The van der Waals surface area contributed by atoms with E-state index in [1.54, 1.807) is 18.2 Å². The number of carbonyl (C=O) groups excluding carboxylic acids is 1. The molecular weight excluding hydrogens is 401 g/mol. The molecule has 1 amide bonds. The third-order valence-corrected chi connectivity index (χ3v) is 5.85. The molecular formula is C20H19Cl2N3OS. The molecule has 0 bridgehead atoms. The second-order valence-electron chi connectivity index (χ2n) is 6.13. The number of H-pyrrole nitrogens is 1. The van der Waals surface area contributed by atoms with Crippen molar-refractivity contribution in [3.05, 3.63) is 75.5 Å². The second-order valence-corrected chi connectivity index (χ2v) is 8.24. The number of benzene rings is 2. The number of rotatable bonds is 6. The minimum atomic E-state index is -0.352. The number of imidazole rings is 1.